The van der Waals surface area contributed by atoms with Crippen LogP contribution in [0.2, 0.25) is 0 Å². The first kappa shape index (κ1) is 13.6. The molecule has 0 aromatic heterocycles. The molecule has 1 aliphatic heterocycles. The molecule has 1 fully saturated rings. The molecule has 0 spiro atoms. The largest absolute Gasteiger partial charge is 0.342 e. The summed E-state index contributed by atoms with van der Waals surface area (Å²) in [6, 6.07) is 10.8. The second-order valence-corrected chi connectivity index (χ2v) is 5.12. The van der Waals surface area contributed by atoms with Gasteiger partial charge in [-0.25, -0.2) is 0 Å². The van der Waals surface area contributed by atoms with Crippen LogP contribution in [0.1, 0.15) is 30.9 Å². The van der Waals surface area contributed by atoms with Gasteiger partial charge >= 0.3 is 0 Å². The first-order valence-electron chi connectivity index (χ1n) is 6.98. The van der Waals surface area contributed by atoms with Gasteiger partial charge in [-0.3, -0.25) is 4.79 Å². The van der Waals surface area contributed by atoms with E-state index in [0.29, 0.717) is 6.42 Å². The van der Waals surface area contributed by atoms with Crippen LogP contribution in [0, 0.1) is 17.2 Å². The van der Waals surface area contributed by atoms with Crippen LogP contribution in [-0.4, -0.2) is 23.9 Å². The first-order chi connectivity index (χ1) is 9.22. The average Bonchev–Trinajstić information content (AvgIpc) is 2.46. The zero-order chi connectivity index (χ0) is 13.7. The number of carbonyl (C=O) groups excluding carboxylic acids is 1. The third-order valence-electron chi connectivity index (χ3n) is 3.81. The summed E-state index contributed by atoms with van der Waals surface area (Å²) in [6.07, 6.45) is 3.16. The lowest BCUT2D eigenvalue weighted by atomic mass is 9.97. The highest BCUT2D eigenvalue weighted by atomic mass is 16.2. The summed E-state index contributed by atoms with van der Waals surface area (Å²) in [7, 11) is 0. The predicted molar refractivity (Wildman–Crippen MR) is 74.4 cm³/mol. The molecule has 1 heterocycles. The topological polar surface area (TPSA) is 44.1 Å². The van der Waals surface area contributed by atoms with Gasteiger partial charge in [0.2, 0.25) is 5.91 Å². The molecular weight excluding hydrogens is 236 g/mol. The van der Waals surface area contributed by atoms with Crippen LogP contribution in [0.4, 0.5) is 0 Å². The molecule has 1 amide bonds. The van der Waals surface area contributed by atoms with E-state index in [4.69, 9.17) is 5.26 Å². The van der Waals surface area contributed by atoms with Gasteiger partial charge in [-0.1, -0.05) is 31.2 Å². The molecule has 1 atom stereocenters. The van der Waals surface area contributed by atoms with E-state index in [1.165, 1.54) is 11.1 Å². The second-order valence-electron chi connectivity index (χ2n) is 5.12. The smallest absolute Gasteiger partial charge is 0.223 e. The van der Waals surface area contributed by atoms with E-state index in [2.05, 4.69) is 37.3 Å². The van der Waals surface area contributed by atoms with Crippen molar-refractivity contribution in [2.45, 2.75) is 32.6 Å². The molecule has 2 rings (SSSR count). The summed E-state index contributed by atoms with van der Waals surface area (Å²) in [5.41, 5.74) is 2.61. The summed E-state index contributed by atoms with van der Waals surface area (Å²) >= 11 is 0. The van der Waals surface area contributed by atoms with Crippen molar-refractivity contribution >= 4 is 5.91 Å². The van der Waals surface area contributed by atoms with Crippen LogP contribution < -0.4 is 0 Å². The molecule has 3 nitrogen and oxygen atoms in total. The van der Waals surface area contributed by atoms with Crippen molar-refractivity contribution in [3.05, 3.63) is 35.4 Å². The van der Waals surface area contributed by atoms with Crippen molar-refractivity contribution in [2.24, 2.45) is 5.92 Å². The maximum atomic E-state index is 11.9. The van der Waals surface area contributed by atoms with E-state index in [9.17, 15) is 4.79 Å². The number of aryl methyl sites for hydroxylation is 1. The van der Waals surface area contributed by atoms with Crippen molar-refractivity contribution in [2.75, 3.05) is 13.1 Å². The number of likely N-dealkylation sites (tertiary alicyclic amines) is 1. The molecular formula is C16H20N2O. The van der Waals surface area contributed by atoms with Gasteiger partial charge in [0.15, 0.2) is 0 Å². The Balaban J connectivity index is 1.85. The number of hydrogen-bond donors (Lipinski definition) is 0. The maximum absolute atomic E-state index is 11.9. The number of amides is 1. The summed E-state index contributed by atoms with van der Waals surface area (Å²) in [5, 5.41) is 8.83. The quantitative estimate of drug-likeness (QED) is 0.831. The Kier molecular flexibility index (Phi) is 4.57. The lowest BCUT2D eigenvalue weighted by Crippen LogP contribution is -2.39. The zero-order valence-electron chi connectivity index (χ0n) is 11.4. The Morgan fingerprint density at radius 2 is 2.00 bits per heavy atom. The van der Waals surface area contributed by atoms with Crippen molar-refractivity contribution in [1.82, 2.24) is 4.90 Å². The number of piperidine rings is 1. The van der Waals surface area contributed by atoms with Crippen LogP contribution in [0.25, 0.3) is 0 Å². The molecule has 19 heavy (non-hydrogen) atoms. The second kappa shape index (κ2) is 6.38. The Bertz CT molecular complexity index is 473. The van der Waals surface area contributed by atoms with E-state index in [1.54, 1.807) is 0 Å². The van der Waals surface area contributed by atoms with Gasteiger partial charge in [-0.2, -0.15) is 5.26 Å². The van der Waals surface area contributed by atoms with Crippen LogP contribution in [-0.2, 0) is 17.6 Å². The van der Waals surface area contributed by atoms with Crippen LogP contribution >= 0.6 is 0 Å². The van der Waals surface area contributed by atoms with E-state index < -0.39 is 0 Å². The number of nitriles is 1. The highest BCUT2D eigenvalue weighted by molar-refractivity contribution is 5.77. The minimum Gasteiger partial charge on any atom is -0.342 e. The number of rotatable bonds is 4. The normalized spacial score (nSPS) is 19.3. The van der Waals surface area contributed by atoms with E-state index in [0.717, 1.165) is 32.4 Å². The Labute approximate surface area is 114 Å². The maximum Gasteiger partial charge on any atom is 0.223 e. The zero-order valence-corrected chi connectivity index (χ0v) is 11.4. The molecule has 3 heteroatoms. The summed E-state index contributed by atoms with van der Waals surface area (Å²) in [5.74, 6) is 0.0515. The van der Waals surface area contributed by atoms with Crippen molar-refractivity contribution in [1.29, 1.82) is 5.26 Å². The first-order valence-corrected chi connectivity index (χ1v) is 6.98. The highest BCUT2D eigenvalue weighted by Crippen LogP contribution is 2.17. The van der Waals surface area contributed by atoms with Gasteiger partial charge in [0, 0.05) is 19.5 Å². The molecule has 1 unspecified atom stereocenters. The fourth-order valence-electron chi connectivity index (χ4n) is 2.43. The molecule has 0 N–H and O–H groups in total. The number of hydrogen-bond acceptors (Lipinski definition) is 2. The molecule has 100 valence electrons. The fraction of sp³-hybridized carbons (Fsp3) is 0.500. The molecule has 0 bridgehead atoms. The van der Waals surface area contributed by atoms with Crippen LogP contribution in [0.15, 0.2) is 24.3 Å². The molecule has 0 aliphatic carbocycles. The fourth-order valence-corrected chi connectivity index (χ4v) is 2.43. The molecule has 1 aromatic rings. The highest BCUT2D eigenvalue weighted by Gasteiger charge is 2.24. The van der Waals surface area contributed by atoms with Crippen molar-refractivity contribution in [3.63, 3.8) is 0 Å². The standard InChI is InChI=1S/C16H20N2O/c1-2-13-3-5-14(6-4-13)7-9-18-10-8-15(12-17)11-16(18)19/h3-6,15H,2,7-11H2,1H3. The molecule has 1 aromatic carbocycles. The van der Waals surface area contributed by atoms with Crippen molar-refractivity contribution in [3.8, 4) is 6.07 Å². The van der Waals surface area contributed by atoms with Crippen LogP contribution in [0.3, 0.4) is 0 Å². The van der Waals surface area contributed by atoms with Gasteiger partial charge < -0.3 is 4.90 Å². The number of nitrogens with zero attached hydrogens (tertiary/aromatic N) is 2. The Morgan fingerprint density at radius 3 is 2.58 bits per heavy atom. The predicted octanol–water partition coefficient (Wildman–Crippen LogP) is 2.55. The van der Waals surface area contributed by atoms with Gasteiger partial charge in [0.25, 0.3) is 0 Å². The lowest BCUT2D eigenvalue weighted by Gasteiger charge is -2.29. The minimum absolute atomic E-state index is 0.0763. The SMILES string of the molecule is CCc1ccc(CCN2CCC(C#N)CC2=O)cc1. The third kappa shape index (κ3) is 3.57. The summed E-state index contributed by atoms with van der Waals surface area (Å²) in [6.45, 7) is 3.64. The van der Waals surface area contributed by atoms with Gasteiger partial charge in [-0.15, -0.1) is 0 Å². The third-order valence-corrected chi connectivity index (χ3v) is 3.81. The number of carbonyl (C=O) groups is 1. The Hall–Kier alpha value is -1.82. The van der Waals surface area contributed by atoms with E-state index in [1.807, 2.05) is 4.90 Å². The molecule has 0 radical (unpaired) electrons. The van der Waals surface area contributed by atoms with Gasteiger partial charge in [0.05, 0.1) is 12.0 Å². The van der Waals surface area contributed by atoms with Gasteiger partial charge in [0.1, 0.15) is 0 Å². The summed E-state index contributed by atoms with van der Waals surface area (Å²) in [4.78, 5) is 13.8. The minimum atomic E-state index is -0.0763. The van der Waals surface area contributed by atoms with Crippen LogP contribution in [0.5, 0.6) is 0 Å². The summed E-state index contributed by atoms with van der Waals surface area (Å²) < 4.78 is 0. The Morgan fingerprint density at radius 1 is 1.32 bits per heavy atom. The lowest BCUT2D eigenvalue weighted by molar-refractivity contribution is -0.134. The van der Waals surface area contributed by atoms with E-state index in [-0.39, 0.29) is 11.8 Å². The van der Waals surface area contributed by atoms with Gasteiger partial charge in [-0.05, 0) is 30.4 Å². The van der Waals surface area contributed by atoms with Crippen molar-refractivity contribution < 1.29 is 4.79 Å². The number of benzene rings is 1. The average molecular weight is 256 g/mol. The molecule has 0 saturated carbocycles. The monoisotopic (exact) mass is 256 g/mol. The molecule has 1 saturated heterocycles. The molecule has 1 aliphatic rings. The van der Waals surface area contributed by atoms with E-state index >= 15 is 0 Å².